The number of unbranched alkanes of at least 4 members (excludes halogenated alkanes) is 25. The summed E-state index contributed by atoms with van der Waals surface area (Å²) in [5.41, 5.74) is 0. The predicted molar refractivity (Wildman–Crippen MR) is 300 cm³/mol. The SMILES string of the molecule is CC/C=C\C/C=C\C/C=C\C/C=C\C/C=C\CCCC(=O)OC(/C=C/CCCCCCCCCCCCC)C(COP(=O)(O)OCC[N+](C)(C)C)NC(=O)CCCCCCCCCCCCCCCC. The standard InChI is InChI=1S/C60H109N2O7P/c1-7-10-13-16-19-22-25-28-30-31-32-35-38-41-44-47-50-53-60(64)69-58(51-48-45-42-39-36-33-27-24-21-18-15-12-9-3)57(56-68-70(65,66)67-55-54-62(4,5)6)61-59(63)52-49-46-43-40-37-34-29-26-23-20-17-14-11-8-2/h10,13,19,22,28,30,32,35,41,44,48,51,57-58H,7-9,11-12,14-18,20-21,23-27,29,31,33-34,36-40,42-43,45-47,49-50,52-56H2,1-6H3,(H-,61,63,65,66)/p+1/b13-10-,22-19-,30-28-,35-32-,44-41-,51-48+. The number of hydrogen-bond donors (Lipinski definition) is 2. The quantitative estimate of drug-likeness (QED) is 0.0205. The van der Waals surface area contributed by atoms with Crippen LogP contribution in [0.1, 0.15) is 245 Å². The van der Waals surface area contributed by atoms with Gasteiger partial charge < -0.3 is 19.4 Å². The maximum absolute atomic E-state index is 13.5. The lowest BCUT2D eigenvalue weighted by Gasteiger charge is -2.27. The number of quaternary nitrogens is 1. The molecule has 70 heavy (non-hydrogen) atoms. The van der Waals surface area contributed by atoms with Gasteiger partial charge >= 0.3 is 13.8 Å². The van der Waals surface area contributed by atoms with Gasteiger partial charge in [0, 0.05) is 12.8 Å². The number of amides is 1. The van der Waals surface area contributed by atoms with Gasteiger partial charge in [0.25, 0.3) is 0 Å². The number of nitrogens with one attached hydrogen (secondary N) is 1. The van der Waals surface area contributed by atoms with E-state index in [1.165, 1.54) is 128 Å². The van der Waals surface area contributed by atoms with Gasteiger partial charge in [0.1, 0.15) is 19.3 Å². The van der Waals surface area contributed by atoms with E-state index in [2.05, 4.69) is 86.8 Å². The molecule has 10 heteroatoms. The van der Waals surface area contributed by atoms with E-state index in [0.717, 1.165) is 77.0 Å². The Bertz CT molecular complexity index is 1430. The number of likely N-dealkylation sites (N-methyl/N-ethyl adjacent to an activating group) is 1. The number of esters is 1. The van der Waals surface area contributed by atoms with Gasteiger partial charge in [0.2, 0.25) is 5.91 Å². The first kappa shape index (κ1) is 67.5. The van der Waals surface area contributed by atoms with Crippen molar-refractivity contribution in [3.8, 4) is 0 Å². The normalized spacial score (nSPS) is 14.3. The Morgan fingerprint density at radius 2 is 0.929 bits per heavy atom. The summed E-state index contributed by atoms with van der Waals surface area (Å²) >= 11 is 0. The Morgan fingerprint density at radius 1 is 0.514 bits per heavy atom. The molecule has 0 aliphatic heterocycles. The van der Waals surface area contributed by atoms with E-state index in [9.17, 15) is 19.0 Å². The van der Waals surface area contributed by atoms with Gasteiger partial charge in [0.05, 0.1) is 33.8 Å². The number of ether oxygens (including phenoxy) is 1. The van der Waals surface area contributed by atoms with E-state index in [1.54, 1.807) is 0 Å². The lowest BCUT2D eigenvalue weighted by atomic mass is 10.0. The zero-order valence-electron chi connectivity index (χ0n) is 46.2. The molecular formula is C60H110N2O7P+. The monoisotopic (exact) mass is 1000 g/mol. The fourth-order valence-electron chi connectivity index (χ4n) is 7.98. The highest BCUT2D eigenvalue weighted by Gasteiger charge is 2.30. The third kappa shape index (κ3) is 50.4. The lowest BCUT2D eigenvalue weighted by molar-refractivity contribution is -0.870. The minimum Gasteiger partial charge on any atom is -0.456 e. The molecule has 0 aromatic heterocycles. The van der Waals surface area contributed by atoms with Crippen molar-refractivity contribution in [1.82, 2.24) is 5.32 Å². The molecule has 0 heterocycles. The molecule has 0 aliphatic rings. The first-order valence-corrected chi connectivity index (χ1v) is 30.3. The number of hydrogen-bond acceptors (Lipinski definition) is 6. The van der Waals surface area contributed by atoms with Crippen LogP contribution in [0.15, 0.2) is 72.9 Å². The van der Waals surface area contributed by atoms with Crippen LogP contribution >= 0.6 is 7.82 Å². The third-order valence-electron chi connectivity index (χ3n) is 12.4. The fraction of sp³-hybridized carbons (Fsp3) is 0.767. The van der Waals surface area contributed by atoms with Crippen molar-refractivity contribution in [3.05, 3.63) is 72.9 Å². The van der Waals surface area contributed by atoms with Crippen LogP contribution in [-0.2, 0) is 27.9 Å². The van der Waals surface area contributed by atoms with Gasteiger partial charge in [-0.1, -0.05) is 235 Å². The molecule has 0 saturated carbocycles. The topological polar surface area (TPSA) is 111 Å². The molecule has 9 nitrogen and oxygen atoms in total. The van der Waals surface area contributed by atoms with Crippen molar-refractivity contribution >= 4 is 19.7 Å². The molecule has 0 radical (unpaired) electrons. The number of carbonyl (C=O) groups is 2. The predicted octanol–water partition coefficient (Wildman–Crippen LogP) is 17.3. The first-order chi connectivity index (χ1) is 33.9. The van der Waals surface area contributed by atoms with Crippen molar-refractivity contribution < 1.29 is 37.3 Å². The summed E-state index contributed by atoms with van der Waals surface area (Å²) in [6.45, 7) is 6.86. The summed E-state index contributed by atoms with van der Waals surface area (Å²) in [6, 6.07) is -0.870. The smallest absolute Gasteiger partial charge is 0.456 e. The highest BCUT2D eigenvalue weighted by atomic mass is 31.2. The Hall–Kier alpha value is -2.55. The molecule has 0 aromatic carbocycles. The maximum atomic E-state index is 13.5. The molecule has 0 aliphatic carbocycles. The Labute approximate surface area is 432 Å². The van der Waals surface area contributed by atoms with Crippen molar-refractivity contribution in [2.45, 2.75) is 258 Å². The second-order valence-corrected chi connectivity index (χ2v) is 21.9. The molecule has 0 rings (SSSR count). The van der Waals surface area contributed by atoms with E-state index in [4.69, 9.17) is 13.8 Å². The first-order valence-electron chi connectivity index (χ1n) is 28.8. The van der Waals surface area contributed by atoms with Crippen molar-refractivity contribution in [1.29, 1.82) is 0 Å². The molecule has 0 bridgehead atoms. The summed E-state index contributed by atoms with van der Waals surface area (Å²) in [7, 11) is 1.46. The molecule has 3 atom stereocenters. The molecule has 0 spiro atoms. The molecule has 3 unspecified atom stereocenters. The Balaban J connectivity index is 5.46. The van der Waals surface area contributed by atoms with Crippen LogP contribution in [0, 0.1) is 0 Å². The summed E-state index contributed by atoms with van der Waals surface area (Å²) in [5.74, 6) is -0.571. The van der Waals surface area contributed by atoms with Crippen LogP contribution in [0.2, 0.25) is 0 Å². The average Bonchev–Trinajstić information content (AvgIpc) is 3.32. The average molecular weight is 1000 g/mol. The van der Waals surface area contributed by atoms with Gasteiger partial charge in [-0.15, -0.1) is 0 Å². The van der Waals surface area contributed by atoms with Crippen molar-refractivity contribution in [3.63, 3.8) is 0 Å². The van der Waals surface area contributed by atoms with Crippen LogP contribution in [-0.4, -0.2) is 74.3 Å². The molecule has 406 valence electrons. The van der Waals surface area contributed by atoms with Gasteiger partial charge in [0.15, 0.2) is 0 Å². The number of allylic oxidation sites excluding steroid dienone is 11. The van der Waals surface area contributed by atoms with Crippen LogP contribution in [0.4, 0.5) is 0 Å². The second kappa shape index (κ2) is 50.0. The number of nitrogens with zero attached hydrogens (tertiary/aromatic N) is 1. The van der Waals surface area contributed by atoms with Gasteiger partial charge in [-0.3, -0.25) is 18.6 Å². The van der Waals surface area contributed by atoms with Gasteiger partial charge in [-0.2, -0.15) is 0 Å². The fourth-order valence-corrected chi connectivity index (χ4v) is 8.71. The van der Waals surface area contributed by atoms with E-state index < -0.39 is 20.0 Å². The zero-order valence-corrected chi connectivity index (χ0v) is 47.1. The van der Waals surface area contributed by atoms with E-state index >= 15 is 0 Å². The third-order valence-corrected chi connectivity index (χ3v) is 13.4. The maximum Gasteiger partial charge on any atom is 0.472 e. The molecule has 2 N–H and O–H groups in total. The van der Waals surface area contributed by atoms with E-state index in [1.807, 2.05) is 33.3 Å². The molecule has 0 saturated heterocycles. The van der Waals surface area contributed by atoms with E-state index in [-0.39, 0.29) is 31.5 Å². The molecule has 1 amide bonds. The summed E-state index contributed by atoms with van der Waals surface area (Å²) in [4.78, 5) is 37.6. The Kier molecular flexibility index (Phi) is 48.2. The largest absolute Gasteiger partial charge is 0.472 e. The molecule has 0 fully saturated rings. The van der Waals surface area contributed by atoms with Crippen LogP contribution in [0.5, 0.6) is 0 Å². The number of phosphoric acid groups is 1. The summed E-state index contributed by atoms with van der Waals surface area (Å²) < 4.78 is 30.6. The highest BCUT2D eigenvalue weighted by Crippen LogP contribution is 2.43. The number of carbonyl (C=O) groups excluding carboxylic acids is 2. The van der Waals surface area contributed by atoms with Crippen molar-refractivity contribution in [2.24, 2.45) is 0 Å². The highest BCUT2D eigenvalue weighted by molar-refractivity contribution is 7.47. The molecular weight excluding hydrogens is 892 g/mol. The summed E-state index contributed by atoms with van der Waals surface area (Å²) in [6.07, 6.45) is 63.3. The second-order valence-electron chi connectivity index (χ2n) is 20.4. The van der Waals surface area contributed by atoms with Crippen LogP contribution in [0.3, 0.4) is 0 Å². The van der Waals surface area contributed by atoms with Crippen LogP contribution < -0.4 is 5.32 Å². The minimum atomic E-state index is -4.46. The number of rotatable bonds is 51. The Morgan fingerprint density at radius 3 is 1.39 bits per heavy atom. The van der Waals surface area contributed by atoms with Gasteiger partial charge in [-0.25, -0.2) is 4.57 Å². The zero-order chi connectivity index (χ0) is 51.5. The van der Waals surface area contributed by atoms with E-state index in [0.29, 0.717) is 23.9 Å². The molecule has 0 aromatic rings. The van der Waals surface area contributed by atoms with Crippen LogP contribution in [0.25, 0.3) is 0 Å². The lowest BCUT2D eigenvalue weighted by Crippen LogP contribution is -2.47. The number of phosphoric ester groups is 1. The van der Waals surface area contributed by atoms with Crippen molar-refractivity contribution in [2.75, 3.05) is 40.9 Å². The minimum absolute atomic E-state index is 0.0304. The van der Waals surface area contributed by atoms with Gasteiger partial charge in [-0.05, 0) is 70.3 Å². The summed E-state index contributed by atoms with van der Waals surface area (Å²) in [5, 5.41) is 3.03.